The van der Waals surface area contributed by atoms with E-state index in [1.54, 1.807) is 32.6 Å². The molecule has 0 bridgehead atoms. The third-order valence-corrected chi connectivity index (χ3v) is 4.78. The number of hydrogen-bond acceptors (Lipinski definition) is 4. The van der Waals surface area contributed by atoms with Crippen LogP contribution in [0.2, 0.25) is 0 Å². The molecule has 1 N–H and O–H groups in total. The van der Waals surface area contributed by atoms with E-state index in [1.807, 2.05) is 19.9 Å². The van der Waals surface area contributed by atoms with Gasteiger partial charge in [0.15, 0.2) is 0 Å². The number of methoxy groups -OCH3 is 2. The van der Waals surface area contributed by atoms with Gasteiger partial charge in [0, 0.05) is 41.8 Å². The third kappa shape index (κ3) is 4.32. The summed E-state index contributed by atoms with van der Waals surface area (Å²) in [4.78, 5) is 12.2. The Bertz CT molecular complexity index is 1050. The van der Waals surface area contributed by atoms with Gasteiger partial charge in [-0.05, 0) is 43.2 Å². The van der Waals surface area contributed by atoms with Gasteiger partial charge in [-0.3, -0.25) is 4.79 Å². The third-order valence-electron chi connectivity index (χ3n) is 4.78. The van der Waals surface area contributed by atoms with E-state index in [2.05, 4.69) is 5.32 Å². The predicted molar refractivity (Wildman–Crippen MR) is 111 cm³/mol. The summed E-state index contributed by atoms with van der Waals surface area (Å²) in [6.07, 6.45) is 3.20. The van der Waals surface area contributed by atoms with E-state index in [9.17, 15) is 9.18 Å². The highest BCUT2D eigenvalue weighted by atomic mass is 19.1. The average molecular weight is 397 g/mol. The molecule has 29 heavy (non-hydrogen) atoms. The topological polar surface area (TPSA) is 60.7 Å². The van der Waals surface area contributed by atoms with Crippen molar-refractivity contribution in [2.45, 2.75) is 13.8 Å². The molecule has 3 rings (SSSR count). The summed E-state index contributed by atoms with van der Waals surface area (Å²) in [5.74, 6) is 0.152. The molecule has 5 nitrogen and oxygen atoms in total. The lowest BCUT2D eigenvalue weighted by Crippen LogP contribution is -2.25. The minimum absolute atomic E-state index is 0.203. The lowest BCUT2D eigenvalue weighted by atomic mass is 9.96. The molecular weight excluding hydrogens is 373 g/mol. The van der Waals surface area contributed by atoms with Crippen LogP contribution in [0.4, 0.5) is 4.39 Å². The van der Waals surface area contributed by atoms with Crippen LogP contribution in [0.3, 0.4) is 0 Å². The van der Waals surface area contributed by atoms with Gasteiger partial charge in [-0.1, -0.05) is 12.1 Å². The van der Waals surface area contributed by atoms with Crippen LogP contribution < -0.4 is 10.1 Å². The van der Waals surface area contributed by atoms with Crippen LogP contribution in [0.5, 0.6) is 5.75 Å². The molecule has 0 aliphatic rings. The highest BCUT2D eigenvalue weighted by molar-refractivity contribution is 6.01. The number of halogens is 1. The maximum atomic E-state index is 13.3. The summed E-state index contributed by atoms with van der Waals surface area (Å²) in [6, 6.07) is 8.20. The minimum atomic E-state index is -0.293. The van der Waals surface area contributed by atoms with Crippen molar-refractivity contribution in [3.63, 3.8) is 0 Å². The number of amides is 1. The number of fused-ring (bicyclic) bond motifs is 1. The van der Waals surface area contributed by atoms with E-state index in [0.29, 0.717) is 24.5 Å². The normalized spacial score (nSPS) is 11.7. The molecule has 1 heterocycles. The van der Waals surface area contributed by atoms with E-state index >= 15 is 0 Å². The SMILES string of the molecule is COCCNC(=O)/C=C(\C)c1cc2c(-c3ccc(F)cc3)coc2c(C)c1OC. The second kappa shape index (κ2) is 8.92. The fourth-order valence-corrected chi connectivity index (χ4v) is 3.33. The highest BCUT2D eigenvalue weighted by Gasteiger charge is 2.18. The number of furan rings is 1. The molecule has 0 aliphatic carbocycles. The van der Waals surface area contributed by atoms with Crippen LogP contribution in [-0.4, -0.2) is 33.3 Å². The summed E-state index contributed by atoms with van der Waals surface area (Å²) in [5.41, 5.74) is 4.78. The van der Waals surface area contributed by atoms with E-state index in [0.717, 1.165) is 33.2 Å². The van der Waals surface area contributed by atoms with Crippen molar-refractivity contribution in [3.8, 4) is 16.9 Å². The zero-order valence-corrected chi connectivity index (χ0v) is 17.0. The Balaban J connectivity index is 2.07. The lowest BCUT2D eigenvalue weighted by molar-refractivity contribution is -0.116. The number of ether oxygens (including phenoxy) is 2. The van der Waals surface area contributed by atoms with Gasteiger partial charge >= 0.3 is 0 Å². The van der Waals surface area contributed by atoms with Crippen molar-refractivity contribution in [1.29, 1.82) is 0 Å². The number of rotatable bonds is 7. The molecule has 0 fully saturated rings. The molecule has 2 aromatic carbocycles. The minimum Gasteiger partial charge on any atom is -0.496 e. The first-order chi connectivity index (χ1) is 14.0. The Morgan fingerprint density at radius 3 is 2.62 bits per heavy atom. The second-order valence-corrected chi connectivity index (χ2v) is 6.73. The number of hydrogen-bond donors (Lipinski definition) is 1. The Morgan fingerprint density at radius 1 is 1.24 bits per heavy atom. The van der Waals surface area contributed by atoms with Crippen LogP contribution in [0.1, 0.15) is 18.1 Å². The van der Waals surface area contributed by atoms with Gasteiger partial charge in [0.1, 0.15) is 17.1 Å². The van der Waals surface area contributed by atoms with Gasteiger partial charge in [-0.25, -0.2) is 4.39 Å². The number of nitrogens with one attached hydrogen (secondary N) is 1. The summed E-state index contributed by atoms with van der Waals surface area (Å²) >= 11 is 0. The summed E-state index contributed by atoms with van der Waals surface area (Å²) in [7, 11) is 3.17. The molecule has 0 atom stereocenters. The van der Waals surface area contributed by atoms with E-state index < -0.39 is 0 Å². The van der Waals surface area contributed by atoms with Crippen LogP contribution in [-0.2, 0) is 9.53 Å². The number of carbonyl (C=O) groups excluding carboxylic acids is 1. The zero-order valence-electron chi connectivity index (χ0n) is 17.0. The Morgan fingerprint density at radius 2 is 1.97 bits per heavy atom. The van der Waals surface area contributed by atoms with Crippen molar-refractivity contribution in [3.05, 3.63) is 59.6 Å². The fraction of sp³-hybridized carbons (Fsp3) is 0.261. The first kappa shape index (κ1) is 20.6. The van der Waals surface area contributed by atoms with E-state index in [4.69, 9.17) is 13.9 Å². The Hall–Kier alpha value is -3.12. The van der Waals surface area contributed by atoms with Crippen molar-refractivity contribution >= 4 is 22.4 Å². The maximum Gasteiger partial charge on any atom is 0.244 e. The van der Waals surface area contributed by atoms with Crippen molar-refractivity contribution in [2.24, 2.45) is 0 Å². The second-order valence-electron chi connectivity index (χ2n) is 6.73. The van der Waals surface area contributed by atoms with Gasteiger partial charge in [0.2, 0.25) is 5.91 Å². The summed E-state index contributed by atoms with van der Waals surface area (Å²) in [6.45, 7) is 4.65. The largest absolute Gasteiger partial charge is 0.496 e. The van der Waals surface area contributed by atoms with Gasteiger partial charge in [0.05, 0.1) is 20.0 Å². The van der Waals surface area contributed by atoms with Crippen molar-refractivity contribution in [1.82, 2.24) is 5.32 Å². The molecule has 0 saturated heterocycles. The molecule has 0 saturated carbocycles. The molecule has 0 spiro atoms. The van der Waals surface area contributed by atoms with Crippen LogP contribution in [0, 0.1) is 12.7 Å². The standard InChI is InChI=1S/C23H24FNO4/c1-14(11-21(26)25-9-10-27-3)18-12-19-20(16-5-7-17(24)8-6-16)13-29-23(19)15(2)22(18)28-4/h5-8,11-13H,9-10H2,1-4H3,(H,25,26)/b14-11+. The Labute approximate surface area is 169 Å². The van der Waals surface area contributed by atoms with Crippen molar-refractivity contribution < 1.29 is 23.1 Å². The molecule has 0 radical (unpaired) electrons. The van der Waals surface area contributed by atoms with Gasteiger partial charge in [0.25, 0.3) is 0 Å². The highest BCUT2D eigenvalue weighted by Crippen LogP contribution is 2.40. The molecule has 152 valence electrons. The van der Waals surface area contributed by atoms with Gasteiger partial charge in [-0.15, -0.1) is 0 Å². The molecular formula is C23H24FNO4. The van der Waals surface area contributed by atoms with Crippen LogP contribution in [0.25, 0.3) is 27.7 Å². The van der Waals surface area contributed by atoms with E-state index in [-0.39, 0.29) is 11.7 Å². The molecule has 6 heteroatoms. The lowest BCUT2D eigenvalue weighted by Gasteiger charge is -2.13. The quantitative estimate of drug-likeness (QED) is 0.463. The molecule has 1 amide bonds. The monoisotopic (exact) mass is 397 g/mol. The Kier molecular flexibility index (Phi) is 6.34. The fourth-order valence-electron chi connectivity index (χ4n) is 3.33. The first-order valence-corrected chi connectivity index (χ1v) is 9.26. The summed E-state index contributed by atoms with van der Waals surface area (Å²) < 4.78 is 29.7. The van der Waals surface area contributed by atoms with Crippen molar-refractivity contribution in [2.75, 3.05) is 27.4 Å². The number of aryl methyl sites for hydroxylation is 1. The molecule has 3 aromatic rings. The zero-order chi connectivity index (χ0) is 21.0. The van der Waals surface area contributed by atoms with Gasteiger partial charge < -0.3 is 19.2 Å². The smallest absolute Gasteiger partial charge is 0.244 e. The number of carbonyl (C=O) groups is 1. The van der Waals surface area contributed by atoms with E-state index in [1.165, 1.54) is 18.2 Å². The van der Waals surface area contributed by atoms with Crippen LogP contribution in [0.15, 0.2) is 47.1 Å². The molecule has 0 unspecified atom stereocenters. The number of benzene rings is 2. The number of allylic oxidation sites excluding steroid dienone is 1. The van der Waals surface area contributed by atoms with Gasteiger partial charge in [-0.2, -0.15) is 0 Å². The first-order valence-electron chi connectivity index (χ1n) is 9.26. The average Bonchev–Trinajstić information content (AvgIpc) is 3.13. The predicted octanol–water partition coefficient (Wildman–Crippen LogP) is 4.72. The maximum absolute atomic E-state index is 13.3. The van der Waals surface area contributed by atoms with Crippen LogP contribution >= 0.6 is 0 Å². The molecule has 0 aliphatic heterocycles. The summed E-state index contributed by atoms with van der Waals surface area (Å²) in [5, 5.41) is 3.65. The molecule has 1 aromatic heterocycles.